The van der Waals surface area contributed by atoms with Crippen molar-refractivity contribution in [2.24, 2.45) is 5.41 Å². The lowest BCUT2D eigenvalue weighted by atomic mass is 9.93. The van der Waals surface area contributed by atoms with Crippen LogP contribution in [0, 0.1) is 5.41 Å². The van der Waals surface area contributed by atoms with E-state index in [0.29, 0.717) is 54.5 Å². The largest absolute Gasteiger partial charge is 0.489 e. The van der Waals surface area contributed by atoms with Crippen molar-refractivity contribution in [3.63, 3.8) is 0 Å². The van der Waals surface area contributed by atoms with Gasteiger partial charge in [0.2, 0.25) is 10.0 Å². The number of nitrogens with zero attached hydrogens (tertiary/aromatic N) is 3. The predicted octanol–water partition coefficient (Wildman–Crippen LogP) is 3.00. The Hall–Kier alpha value is -3.09. The van der Waals surface area contributed by atoms with Crippen molar-refractivity contribution in [1.82, 2.24) is 4.98 Å². The third-order valence-corrected chi connectivity index (χ3v) is 10.6. The van der Waals surface area contributed by atoms with Crippen molar-refractivity contribution in [1.29, 1.82) is 0 Å². The van der Waals surface area contributed by atoms with Crippen LogP contribution in [0.3, 0.4) is 0 Å². The molecular weight excluding hydrogens is 546 g/mol. The Morgan fingerprint density at radius 3 is 2.63 bits per heavy atom. The normalized spacial score (nSPS) is 22.2. The third-order valence-electron chi connectivity index (χ3n) is 8.84. The summed E-state index contributed by atoms with van der Waals surface area (Å²) in [5.41, 5.74) is 2.95. The van der Waals surface area contributed by atoms with E-state index in [4.69, 9.17) is 14.5 Å². The summed E-state index contributed by atoms with van der Waals surface area (Å²) < 4.78 is 39.5. The minimum absolute atomic E-state index is 0.0685. The molecule has 11 nitrogen and oxygen atoms in total. The third kappa shape index (κ3) is 5.82. The van der Waals surface area contributed by atoms with E-state index in [1.807, 2.05) is 13.0 Å². The highest BCUT2D eigenvalue weighted by atomic mass is 32.2. The highest BCUT2D eigenvalue weighted by molar-refractivity contribution is 7.93. The second kappa shape index (κ2) is 11.0. The van der Waals surface area contributed by atoms with Crippen LogP contribution in [0.2, 0.25) is 0 Å². The van der Waals surface area contributed by atoms with E-state index < -0.39 is 21.9 Å². The van der Waals surface area contributed by atoms with E-state index in [-0.39, 0.29) is 12.0 Å². The second-order valence-corrected chi connectivity index (χ2v) is 14.0. The first-order valence-electron chi connectivity index (χ1n) is 14.5. The maximum Gasteiger partial charge on any atom is 0.258 e. The number of aromatic nitrogens is 1. The molecule has 3 N–H and O–H groups in total. The van der Waals surface area contributed by atoms with Crippen LogP contribution in [0.25, 0.3) is 0 Å². The molecule has 4 aliphatic rings. The van der Waals surface area contributed by atoms with Crippen molar-refractivity contribution in [3.05, 3.63) is 35.4 Å². The van der Waals surface area contributed by atoms with Crippen LogP contribution in [0.5, 0.6) is 5.75 Å². The van der Waals surface area contributed by atoms with Crippen molar-refractivity contribution in [2.75, 3.05) is 65.8 Å². The minimum Gasteiger partial charge on any atom is -0.489 e. The van der Waals surface area contributed by atoms with E-state index in [1.165, 1.54) is 19.8 Å². The van der Waals surface area contributed by atoms with Gasteiger partial charge in [0.05, 0.1) is 42.9 Å². The van der Waals surface area contributed by atoms with Gasteiger partial charge in [-0.15, -0.1) is 0 Å². The fourth-order valence-corrected chi connectivity index (χ4v) is 6.81. The number of hydrogen-bond donors (Lipinski definition) is 3. The predicted molar refractivity (Wildman–Crippen MR) is 158 cm³/mol. The average molecular weight is 586 g/mol. The summed E-state index contributed by atoms with van der Waals surface area (Å²) >= 11 is 0. The second-order valence-electron chi connectivity index (χ2n) is 11.9. The number of piperidine rings is 1. The molecule has 2 saturated heterocycles. The zero-order valence-corrected chi connectivity index (χ0v) is 24.5. The standard InChI is InChI=1S/C29H39N5O6S/c1-19-17-34(12-14-39-19)27-26-21(5-13-40-26)15-25(30-27)31-28(36)23-4-3-22(32-41(37,38)20(2)18-35)16-24(23)33-10-8-29(6-7-29)9-11-33/h3-4,15-16,19-20,32,35H,5-14,17-18H2,1-2H3,(H,30,31,36)/t19-,20+/m1/s1. The van der Waals surface area contributed by atoms with Gasteiger partial charge >= 0.3 is 0 Å². The maximum absolute atomic E-state index is 13.8. The summed E-state index contributed by atoms with van der Waals surface area (Å²) in [7, 11) is -3.78. The lowest BCUT2D eigenvalue weighted by Crippen LogP contribution is -2.41. The SMILES string of the molecule is C[C@@H]1CN(c2nc(NC(=O)c3ccc(NS(=O)(=O)[C@@H](C)CO)cc3N3CCC4(CC3)CC4)cc3c2OCC3)CCO1. The molecule has 1 spiro atoms. The molecule has 2 aromatic rings. The Balaban J connectivity index is 1.29. The molecule has 0 unspecified atom stereocenters. The van der Waals surface area contributed by atoms with E-state index in [2.05, 4.69) is 19.8 Å². The van der Waals surface area contributed by atoms with Crippen LogP contribution >= 0.6 is 0 Å². The number of morpholine rings is 1. The number of ether oxygens (including phenoxy) is 2. The number of amides is 1. The van der Waals surface area contributed by atoms with Gasteiger partial charge in [-0.3, -0.25) is 9.52 Å². The van der Waals surface area contributed by atoms with Crippen LogP contribution in [-0.4, -0.2) is 81.8 Å². The van der Waals surface area contributed by atoms with Gasteiger partial charge in [-0.25, -0.2) is 13.4 Å². The van der Waals surface area contributed by atoms with Crippen LogP contribution in [-0.2, 0) is 21.2 Å². The molecule has 0 radical (unpaired) electrons. The zero-order chi connectivity index (χ0) is 28.8. The van der Waals surface area contributed by atoms with Gasteiger partial charge in [-0.1, -0.05) is 0 Å². The quantitative estimate of drug-likeness (QED) is 0.428. The number of aliphatic hydroxyl groups excluding tert-OH is 1. The Labute approximate surface area is 241 Å². The number of hydrogen-bond acceptors (Lipinski definition) is 9. The molecule has 1 amide bonds. The number of pyridine rings is 1. The fourth-order valence-electron chi connectivity index (χ4n) is 5.96. The molecule has 3 fully saturated rings. The fraction of sp³-hybridized carbons (Fsp3) is 0.586. The van der Waals surface area contributed by atoms with E-state index in [9.17, 15) is 18.3 Å². The number of carbonyl (C=O) groups is 1. The Morgan fingerprint density at radius 2 is 1.93 bits per heavy atom. The molecule has 6 rings (SSSR count). The number of nitrogens with one attached hydrogen (secondary N) is 2. The van der Waals surface area contributed by atoms with Gasteiger partial charge in [0.25, 0.3) is 5.91 Å². The molecule has 12 heteroatoms. The van der Waals surface area contributed by atoms with Gasteiger partial charge in [0.15, 0.2) is 11.6 Å². The topological polar surface area (TPSA) is 133 Å². The van der Waals surface area contributed by atoms with Crippen molar-refractivity contribution >= 4 is 38.9 Å². The molecule has 1 saturated carbocycles. The van der Waals surface area contributed by atoms with Crippen LogP contribution < -0.4 is 24.6 Å². The first-order chi connectivity index (χ1) is 19.7. The summed E-state index contributed by atoms with van der Waals surface area (Å²) in [6.45, 7) is 7.15. The number of rotatable bonds is 8. The molecule has 2 atom stereocenters. The minimum atomic E-state index is -3.78. The molecule has 41 heavy (non-hydrogen) atoms. The summed E-state index contributed by atoms with van der Waals surface area (Å²) in [6, 6.07) is 6.86. The Kier molecular flexibility index (Phi) is 7.50. The van der Waals surface area contributed by atoms with Crippen molar-refractivity contribution in [2.45, 2.75) is 57.3 Å². The highest BCUT2D eigenvalue weighted by Crippen LogP contribution is 2.54. The summed E-state index contributed by atoms with van der Waals surface area (Å²) in [4.78, 5) is 22.9. The molecular formula is C29H39N5O6S. The molecule has 1 aromatic carbocycles. The highest BCUT2D eigenvalue weighted by Gasteiger charge is 2.44. The van der Waals surface area contributed by atoms with E-state index in [0.717, 1.165) is 49.5 Å². The smallest absolute Gasteiger partial charge is 0.258 e. The Bertz CT molecular complexity index is 1420. The molecule has 222 valence electrons. The van der Waals surface area contributed by atoms with Crippen LogP contribution in [0.15, 0.2) is 24.3 Å². The molecule has 3 aliphatic heterocycles. The van der Waals surface area contributed by atoms with Crippen LogP contribution in [0.4, 0.5) is 23.0 Å². The van der Waals surface area contributed by atoms with Gasteiger partial charge in [-0.05, 0) is 69.2 Å². The number of benzene rings is 1. The lowest BCUT2D eigenvalue weighted by Gasteiger charge is -2.35. The number of anilines is 4. The first kappa shape index (κ1) is 28.0. The molecule has 0 bridgehead atoms. The summed E-state index contributed by atoms with van der Waals surface area (Å²) in [5, 5.41) is 11.4. The van der Waals surface area contributed by atoms with Gasteiger partial charge in [0.1, 0.15) is 11.1 Å². The van der Waals surface area contributed by atoms with E-state index in [1.54, 1.807) is 18.2 Å². The van der Waals surface area contributed by atoms with Gasteiger partial charge in [-0.2, -0.15) is 0 Å². The van der Waals surface area contributed by atoms with Crippen molar-refractivity contribution in [3.8, 4) is 5.75 Å². The maximum atomic E-state index is 13.8. The molecule has 1 aromatic heterocycles. The van der Waals surface area contributed by atoms with Crippen LogP contribution in [0.1, 0.15) is 55.5 Å². The number of carbonyl (C=O) groups excluding carboxylic acids is 1. The molecule has 4 heterocycles. The van der Waals surface area contributed by atoms with E-state index >= 15 is 0 Å². The summed E-state index contributed by atoms with van der Waals surface area (Å²) in [6.07, 6.45) is 5.43. The van der Waals surface area contributed by atoms with Gasteiger partial charge < -0.3 is 29.7 Å². The summed E-state index contributed by atoms with van der Waals surface area (Å²) in [5.74, 6) is 1.64. The number of fused-ring (bicyclic) bond motifs is 1. The van der Waals surface area contributed by atoms with Crippen molar-refractivity contribution < 1.29 is 27.8 Å². The van der Waals surface area contributed by atoms with Gasteiger partial charge in [0, 0.05) is 38.2 Å². The number of sulfonamides is 1. The molecule has 1 aliphatic carbocycles. The first-order valence-corrected chi connectivity index (χ1v) is 16.1. The Morgan fingerprint density at radius 1 is 1.15 bits per heavy atom. The monoisotopic (exact) mass is 585 g/mol. The average Bonchev–Trinajstić information content (AvgIpc) is 3.53. The number of aliphatic hydroxyl groups is 1. The zero-order valence-electron chi connectivity index (χ0n) is 23.7. The lowest BCUT2D eigenvalue weighted by molar-refractivity contribution is 0.0527.